The summed E-state index contributed by atoms with van der Waals surface area (Å²) in [5.74, 6) is 0. The second-order valence-corrected chi connectivity index (χ2v) is 3.15. The molecule has 68 valence electrons. The molecule has 0 amide bonds. The summed E-state index contributed by atoms with van der Waals surface area (Å²) in [4.78, 5) is 0. The quantitative estimate of drug-likeness (QED) is 0.605. The summed E-state index contributed by atoms with van der Waals surface area (Å²) in [6, 6.07) is 8.60. The van der Waals surface area contributed by atoms with Crippen molar-refractivity contribution in [3.05, 3.63) is 54.1 Å². The number of rotatable bonds is 3. The smallest absolute Gasteiger partial charge is 0.0224 e. The van der Waals surface area contributed by atoms with Crippen LogP contribution in [0.5, 0.6) is 0 Å². The second-order valence-electron chi connectivity index (χ2n) is 3.15. The fraction of sp³-hybridized carbons (Fsp3) is 0.231. The fourth-order valence-corrected chi connectivity index (χ4v) is 1.33. The van der Waals surface area contributed by atoms with Crippen LogP contribution in [0.15, 0.2) is 43.0 Å². The normalized spacial score (nSPS) is 11.4. The maximum atomic E-state index is 3.72. The number of hydrogen-bond acceptors (Lipinski definition) is 0. The highest BCUT2D eigenvalue weighted by Crippen LogP contribution is 2.18. The van der Waals surface area contributed by atoms with Crippen molar-refractivity contribution in [1.29, 1.82) is 0 Å². The predicted molar refractivity (Wildman–Crippen MR) is 59.6 cm³/mol. The molecule has 1 aromatic rings. The van der Waals surface area contributed by atoms with Crippen molar-refractivity contribution in [3.63, 3.8) is 0 Å². The molecule has 1 rings (SSSR count). The van der Waals surface area contributed by atoms with Gasteiger partial charge in [-0.05, 0) is 24.5 Å². The Morgan fingerprint density at radius 2 is 1.92 bits per heavy atom. The van der Waals surface area contributed by atoms with Crippen LogP contribution in [0.4, 0.5) is 0 Å². The van der Waals surface area contributed by atoms with E-state index >= 15 is 0 Å². The van der Waals surface area contributed by atoms with E-state index in [-0.39, 0.29) is 0 Å². The van der Waals surface area contributed by atoms with Gasteiger partial charge in [0.05, 0.1) is 0 Å². The van der Waals surface area contributed by atoms with Gasteiger partial charge in [-0.2, -0.15) is 0 Å². The first kappa shape index (κ1) is 9.79. The molecule has 0 nitrogen and oxygen atoms in total. The molecule has 0 N–H and O–H groups in total. The van der Waals surface area contributed by atoms with Gasteiger partial charge in [0.1, 0.15) is 0 Å². The maximum Gasteiger partial charge on any atom is -0.0224 e. The van der Waals surface area contributed by atoms with Crippen LogP contribution in [0.3, 0.4) is 0 Å². The Bertz CT molecular complexity index is 301. The van der Waals surface area contributed by atoms with E-state index in [0.717, 1.165) is 6.42 Å². The Kier molecular flexibility index (Phi) is 3.51. The van der Waals surface area contributed by atoms with Crippen molar-refractivity contribution in [2.45, 2.75) is 20.3 Å². The number of benzene rings is 1. The fourth-order valence-electron chi connectivity index (χ4n) is 1.33. The van der Waals surface area contributed by atoms with Gasteiger partial charge in [-0.3, -0.25) is 0 Å². The molecular weight excluding hydrogens is 156 g/mol. The van der Waals surface area contributed by atoms with Crippen LogP contribution in [0.2, 0.25) is 0 Å². The molecule has 1 aromatic carbocycles. The van der Waals surface area contributed by atoms with Crippen LogP contribution in [0.1, 0.15) is 24.5 Å². The third-order valence-electron chi connectivity index (χ3n) is 2.12. The van der Waals surface area contributed by atoms with Crippen molar-refractivity contribution in [1.82, 2.24) is 0 Å². The van der Waals surface area contributed by atoms with Gasteiger partial charge in [0.2, 0.25) is 0 Å². The zero-order valence-corrected chi connectivity index (χ0v) is 8.38. The summed E-state index contributed by atoms with van der Waals surface area (Å²) in [5.41, 5.74) is 3.95. The van der Waals surface area contributed by atoms with Crippen LogP contribution in [-0.4, -0.2) is 0 Å². The predicted octanol–water partition coefficient (Wildman–Crippen LogP) is 3.97. The molecule has 0 aliphatic heterocycles. The Morgan fingerprint density at radius 1 is 1.31 bits per heavy atom. The highest BCUT2D eigenvalue weighted by atomic mass is 14.0. The van der Waals surface area contributed by atoms with Gasteiger partial charge >= 0.3 is 0 Å². The van der Waals surface area contributed by atoms with Crippen LogP contribution in [0, 0.1) is 6.92 Å². The zero-order valence-electron chi connectivity index (χ0n) is 8.38. The minimum atomic E-state index is 1.05. The lowest BCUT2D eigenvalue weighted by Gasteiger charge is -2.03. The Hall–Kier alpha value is -1.30. The average Bonchev–Trinajstić information content (AvgIpc) is 2.16. The van der Waals surface area contributed by atoms with Gasteiger partial charge in [-0.15, -0.1) is 0 Å². The summed E-state index contributed by atoms with van der Waals surface area (Å²) in [5, 5.41) is 0. The van der Waals surface area contributed by atoms with E-state index in [1.165, 1.54) is 16.7 Å². The first-order valence-electron chi connectivity index (χ1n) is 4.66. The first-order chi connectivity index (χ1) is 6.27. The number of allylic oxidation sites excluding steroid dienone is 3. The molecule has 0 saturated carbocycles. The van der Waals surface area contributed by atoms with Gasteiger partial charge < -0.3 is 0 Å². The van der Waals surface area contributed by atoms with Crippen molar-refractivity contribution in [2.75, 3.05) is 0 Å². The Labute approximate surface area is 80.6 Å². The van der Waals surface area contributed by atoms with Crippen LogP contribution < -0.4 is 0 Å². The molecule has 0 spiro atoms. The topological polar surface area (TPSA) is 0 Å². The summed E-state index contributed by atoms with van der Waals surface area (Å²) >= 11 is 0. The molecule has 0 aliphatic rings. The lowest BCUT2D eigenvalue weighted by molar-refractivity contribution is 1.24. The molecule has 0 saturated heterocycles. The minimum Gasteiger partial charge on any atom is -0.0991 e. The lowest BCUT2D eigenvalue weighted by atomic mass is 10.0. The summed E-state index contributed by atoms with van der Waals surface area (Å²) in [6.07, 6.45) is 4.97. The largest absolute Gasteiger partial charge is 0.0991 e. The monoisotopic (exact) mass is 172 g/mol. The molecule has 0 aromatic heterocycles. The lowest BCUT2D eigenvalue weighted by Crippen LogP contribution is -1.82. The SMILES string of the molecule is C=C/C=C(\CC)c1ccc(C)cc1. The summed E-state index contributed by atoms with van der Waals surface area (Å²) in [7, 11) is 0. The van der Waals surface area contributed by atoms with Crippen molar-refractivity contribution < 1.29 is 0 Å². The average molecular weight is 172 g/mol. The zero-order chi connectivity index (χ0) is 9.68. The molecule has 13 heavy (non-hydrogen) atoms. The second kappa shape index (κ2) is 4.66. The van der Waals surface area contributed by atoms with E-state index in [9.17, 15) is 0 Å². The van der Waals surface area contributed by atoms with Gasteiger partial charge in [-0.25, -0.2) is 0 Å². The minimum absolute atomic E-state index is 1.05. The third kappa shape index (κ3) is 2.59. The van der Waals surface area contributed by atoms with E-state index in [2.05, 4.69) is 50.8 Å². The summed E-state index contributed by atoms with van der Waals surface area (Å²) < 4.78 is 0. The standard InChI is InChI=1S/C13H16/c1-4-6-12(5-2)13-9-7-11(3)8-10-13/h4,6-10H,1,5H2,2-3H3/b12-6+. The first-order valence-corrected chi connectivity index (χ1v) is 4.66. The summed E-state index contributed by atoms with van der Waals surface area (Å²) in [6.45, 7) is 7.98. The molecule has 0 heterocycles. The molecule has 0 aliphatic carbocycles. The molecule has 0 fully saturated rings. The van der Waals surface area contributed by atoms with Gasteiger partial charge in [0.15, 0.2) is 0 Å². The highest BCUT2D eigenvalue weighted by molar-refractivity contribution is 5.66. The van der Waals surface area contributed by atoms with E-state index in [0.29, 0.717) is 0 Å². The van der Waals surface area contributed by atoms with Gasteiger partial charge in [0.25, 0.3) is 0 Å². The van der Waals surface area contributed by atoms with E-state index in [1.54, 1.807) is 0 Å². The van der Waals surface area contributed by atoms with E-state index in [1.807, 2.05) is 6.08 Å². The van der Waals surface area contributed by atoms with Gasteiger partial charge in [0, 0.05) is 0 Å². The molecule has 0 unspecified atom stereocenters. The number of hydrogen-bond donors (Lipinski definition) is 0. The molecular formula is C13H16. The van der Waals surface area contributed by atoms with Crippen molar-refractivity contribution in [3.8, 4) is 0 Å². The van der Waals surface area contributed by atoms with Crippen molar-refractivity contribution in [2.24, 2.45) is 0 Å². The van der Waals surface area contributed by atoms with Crippen LogP contribution in [0.25, 0.3) is 5.57 Å². The van der Waals surface area contributed by atoms with Crippen LogP contribution in [-0.2, 0) is 0 Å². The van der Waals surface area contributed by atoms with Crippen molar-refractivity contribution >= 4 is 5.57 Å². The number of aryl methyl sites for hydroxylation is 1. The van der Waals surface area contributed by atoms with Crippen LogP contribution >= 0.6 is 0 Å². The third-order valence-corrected chi connectivity index (χ3v) is 2.12. The van der Waals surface area contributed by atoms with E-state index < -0.39 is 0 Å². The Balaban J connectivity index is 2.99. The molecule has 0 bridgehead atoms. The molecule has 0 atom stereocenters. The maximum absolute atomic E-state index is 3.72. The highest BCUT2D eigenvalue weighted by Gasteiger charge is 1.96. The Morgan fingerprint density at radius 3 is 2.38 bits per heavy atom. The molecule has 0 radical (unpaired) electrons. The molecule has 0 heteroatoms. The van der Waals surface area contributed by atoms with E-state index in [4.69, 9.17) is 0 Å². The van der Waals surface area contributed by atoms with Gasteiger partial charge in [-0.1, -0.05) is 55.5 Å².